The van der Waals surface area contributed by atoms with Gasteiger partial charge >= 0.3 is 6.09 Å². The second-order valence-electron chi connectivity index (χ2n) is 8.19. The molecule has 9 nitrogen and oxygen atoms in total. The van der Waals surface area contributed by atoms with Crippen molar-refractivity contribution >= 4 is 29.7 Å². The molecular formula is C21H21N3O6. The first kappa shape index (κ1) is 21.0. The Morgan fingerprint density at radius 3 is 2.53 bits per heavy atom. The second-order valence-corrected chi connectivity index (χ2v) is 8.19. The number of rotatable bonds is 2. The monoisotopic (exact) mass is 411 g/mol. The van der Waals surface area contributed by atoms with Crippen LogP contribution in [0.5, 0.6) is 0 Å². The molecule has 2 atom stereocenters. The van der Waals surface area contributed by atoms with Gasteiger partial charge in [0.1, 0.15) is 6.04 Å². The molecule has 3 rings (SSSR count). The first-order valence-electron chi connectivity index (χ1n) is 9.36. The lowest BCUT2D eigenvalue weighted by Gasteiger charge is -2.27. The summed E-state index contributed by atoms with van der Waals surface area (Å²) in [7, 11) is 0. The van der Waals surface area contributed by atoms with E-state index in [9.17, 15) is 24.0 Å². The van der Waals surface area contributed by atoms with Gasteiger partial charge < -0.3 is 10.4 Å². The van der Waals surface area contributed by atoms with E-state index in [1.54, 1.807) is 12.1 Å². The number of carbonyl (C=O) groups excluding carboxylic acids is 4. The van der Waals surface area contributed by atoms with E-state index in [1.165, 1.54) is 6.07 Å². The molecule has 1 aromatic carbocycles. The summed E-state index contributed by atoms with van der Waals surface area (Å²) < 4.78 is 0. The van der Waals surface area contributed by atoms with E-state index >= 15 is 0 Å². The minimum Gasteiger partial charge on any atom is -0.465 e. The topological polar surface area (TPSA) is 133 Å². The maximum absolute atomic E-state index is 13.0. The Balaban J connectivity index is 1.97. The zero-order chi connectivity index (χ0) is 22.2. The smallest absolute Gasteiger partial charge is 0.405 e. The Bertz CT molecular complexity index is 1030. The number of fused-ring (bicyclic) bond motifs is 1. The highest BCUT2D eigenvalue weighted by atomic mass is 16.4. The van der Waals surface area contributed by atoms with Gasteiger partial charge in [0.05, 0.1) is 17.2 Å². The Hall–Kier alpha value is -3.67. The van der Waals surface area contributed by atoms with Gasteiger partial charge in [0.15, 0.2) is 0 Å². The molecule has 30 heavy (non-hydrogen) atoms. The maximum atomic E-state index is 13.0. The third-order valence-corrected chi connectivity index (χ3v) is 4.95. The first-order chi connectivity index (χ1) is 14.0. The minimum atomic E-state index is -1.22. The van der Waals surface area contributed by atoms with Crippen molar-refractivity contribution in [2.75, 3.05) is 0 Å². The number of hydrogen-bond donors (Lipinski definition) is 3. The van der Waals surface area contributed by atoms with Gasteiger partial charge in [-0.05, 0) is 24.0 Å². The zero-order valence-corrected chi connectivity index (χ0v) is 16.7. The number of carbonyl (C=O) groups is 5. The van der Waals surface area contributed by atoms with Crippen LogP contribution >= 0.6 is 0 Å². The molecule has 0 aromatic heterocycles. The predicted molar refractivity (Wildman–Crippen MR) is 104 cm³/mol. The molecule has 1 aromatic rings. The van der Waals surface area contributed by atoms with Crippen LogP contribution in [0.4, 0.5) is 4.79 Å². The summed E-state index contributed by atoms with van der Waals surface area (Å²) in [4.78, 5) is 61.4. The number of carboxylic acid groups (broad SMARTS) is 1. The van der Waals surface area contributed by atoms with Crippen LogP contribution < -0.4 is 10.6 Å². The third kappa shape index (κ3) is 3.89. The van der Waals surface area contributed by atoms with Crippen molar-refractivity contribution in [3.05, 3.63) is 34.9 Å². The van der Waals surface area contributed by atoms with Crippen molar-refractivity contribution in [1.29, 1.82) is 0 Å². The lowest BCUT2D eigenvalue weighted by atomic mass is 9.87. The molecule has 5 amide bonds. The van der Waals surface area contributed by atoms with E-state index in [1.807, 2.05) is 20.8 Å². The van der Waals surface area contributed by atoms with Crippen molar-refractivity contribution in [2.24, 2.45) is 5.41 Å². The third-order valence-electron chi connectivity index (χ3n) is 4.95. The summed E-state index contributed by atoms with van der Waals surface area (Å²) in [6.45, 7) is 5.45. The van der Waals surface area contributed by atoms with Crippen LogP contribution in [0.15, 0.2) is 18.2 Å². The van der Waals surface area contributed by atoms with Crippen LogP contribution in [0.25, 0.3) is 0 Å². The molecule has 2 aliphatic rings. The fourth-order valence-corrected chi connectivity index (χ4v) is 3.36. The molecule has 2 aliphatic heterocycles. The van der Waals surface area contributed by atoms with Crippen molar-refractivity contribution in [3.63, 3.8) is 0 Å². The van der Waals surface area contributed by atoms with Gasteiger partial charge in [-0.1, -0.05) is 38.7 Å². The van der Waals surface area contributed by atoms with Crippen molar-refractivity contribution in [2.45, 2.75) is 45.7 Å². The number of benzene rings is 1. The van der Waals surface area contributed by atoms with E-state index in [0.29, 0.717) is 0 Å². The molecule has 2 unspecified atom stereocenters. The number of piperidine rings is 1. The van der Waals surface area contributed by atoms with E-state index in [-0.39, 0.29) is 29.5 Å². The van der Waals surface area contributed by atoms with E-state index in [0.717, 1.165) is 4.90 Å². The molecule has 0 spiro atoms. The number of hydrogen-bond acceptors (Lipinski definition) is 5. The molecule has 0 saturated carbocycles. The average molecular weight is 411 g/mol. The Morgan fingerprint density at radius 1 is 1.23 bits per heavy atom. The molecule has 0 radical (unpaired) electrons. The van der Waals surface area contributed by atoms with E-state index in [2.05, 4.69) is 22.5 Å². The van der Waals surface area contributed by atoms with Gasteiger partial charge in [-0.15, -0.1) is 0 Å². The summed E-state index contributed by atoms with van der Waals surface area (Å²) in [5.74, 6) is 3.24. The SMILES string of the molecule is CC(C)(C)C(C#Cc1cccc2c1C(=O)N(C1CCC(=O)NC1=O)C2=O)NC(=O)O. The van der Waals surface area contributed by atoms with E-state index in [4.69, 9.17) is 5.11 Å². The van der Waals surface area contributed by atoms with Gasteiger partial charge in [-0.25, -0.2) is 4.79 Å². The first-order valence-corrected chi connectivity index (χ1v) is 9.36. The van der Waals surface area contributed by atoms with Crippen molar-refractivity contribution in [1.82, 2.24) is 15.5 Å². The maximum Gasteiger partial charge on any atom is 0.405 e. The predicted octanol–water partition coefficient (Wildman–Crippen LogP) is 1.12. The average Bonchev–Trinajstić information content (AvgIpc) is 2.89. The number of imide groups is 2. The molecule has 1 fully saturated rings. The zero-order valence-electron chi connectivity index (χ0n) is 16.7. The molecule has 1 saturated heterocycles. The van der Waals surface area contributed by atoms with Crippen LogP contribution in [0.2, 0.25) is 0 Å². The van der Waals surface area contributed by atoms with Crippen LogP contribution in [-0.4, -0.2) is 51.8 Å². The van der Waals surface area contributed by atoms with Crippen molar-refractivity contribution in [3.8, 4) is 11.8 Å². The number of nitrogens with one attached hydrogen (secondary N) is 2. The highest BCUT2D eigenvalue weighted by Crippen LogP contribution is 2.29. The largest absolute Gasteiger partial charge is 0.465 e. The fourth-order valence-electron chi connectivity index (χ4n) is 3.36. The summed E-state index contributed by atoms with van der Waals surface area (Å²) in [6.07, 6.45) is -1.13. The lowest BCUT2D eigenvalue weighted by molar-refractivity contribution is -0.136. The van der Waals surface area contributed by atoms with Gasteiger partial charge in [0.2, 0.25) is 11.8 Å². The van der Waals surface area contributed by atoms with Crippen LogP contribution in [0.1, 0.15) is 59.9 Å². The second kappa shape index (κ2) is 7.63. The number of amides is 5. The number of nitrogens with zero attached hydrogens (tertiary/aromatic N) is 1. The fraction of sp³-hybridized carbons (Fsp3) is 0.381. The Kier molecular flexibility index (Phi) is 5.35. The van der Waals surface area contributed by atoms with Gasteiger partial charge in [0.25, 0.3) is 11.8 Å². The minimum absolute atomic E-state index is 0.0323. The van der Waals surface area contributed by atoms with Crippen LogP contribution in [0, 0.1) is 17.3 Å². The van der Waals surface area contributed by atoms with E-state index < -0.39 is 47.2 Å². The van der Waals surface area contributed by atoms with Crippen LogP contribution in [-0.2, 0) is 9.59 Å². The van der Waals surface area contributed by atoms with Gasteiger partial charge in [-0.2, -0.15) is 0 Å². The molecule has 0 bridgehead atoms. The summed E-state index contributed by atoms with van der Waals surface area (Å²) in [5.41, 5.74) is -0.0539. The Morgan fingerprint density at radius 2 is 1.93 bits per heavy atom. The van der Waals surface area contributed by atoms with Gasteiger partial charge in [0, 0.05) is 12.0 Å². The quantitative estimate of drug-likeness (QED) is 0.493. The van der Waals surface area contributed by atoms with Crippen LogP contribution in [0.3, 0.4) is 0 Å². The molecule has 3 N–H and O–H groups in total. The Labute approximate surface area is 172 Å². The normalized spacial score (nSPS) is 19.6. The standard InChI is InChI=1S/C21H21N3O6/c1-21(2,3)14(22-20(29)30)9-7-11-5-4-6-12-16(11)19(28)24(18(12)27)13-8-10-15(25)23-17(13)26/h4-6,13-14,22H,8,10H2,1-3H3,(H,29,30)(H,23,25,26). The summed E-state index contributed by atoms with van der Waals surface area (Å²) in [6, 6.07) is 2.82. The lowest BCUT2D eigenvalue weighted by Crippen LogP contribution is -2.54. The van der Waals surface area contributed by atoms with Crippen molar-refractivity contribution < 1.29 is 29.1 Å². The molecule has 9 heteroatoms. The molecule has 156 valence electrons. The summed E-state index contributed by atoms with van der Waals surface area (Å²) in [5, 5.41) is 13.5. The molecular weight excluding hydrogens is 390 g/mol. The molecule has 2 heterocycles. The molecule has 0 aliphatic carbocycles. The van der Waals surface area contributed by atoms with Gasteiger partial charge in [-0.3, -0.25) is 29.4 Å². The highest BCUT2D eigenvalue weighted by molar-refractivity contribution is 6.24. The summed E-state index contributed by atoms with van der Waals surface area (Å²) >= 11 is 0. The highest BCUT2D eigenvalue weighted by Gasteiger charge is 2.45.